The molecule has 2 aliphatic rings. The number of halogens is 4. The van der Waals surface area contributed by atoms with Crippen molar-refractivity contribution >= 4 is 30.2 Å². The molecule has 18 heteroatoms. The van der Waals surface area contributed by atoms with E-state index in [4.69, 9.17) is 25.7 Å². The Balaban J connectivity index is 0.000000232. The number of aliphatic hydroxyl groups excluding tert-OH is 2. The summed E-state index contributed by atoms with van der Waals surface area (Å²) in [6.45, 7) is 3.65. The molecule has 0 unspecified atom stereocenters. The van der Waals surface area contributed by atoms with Gasteiger partial charge in [-0.1, -0.05) is 0 Å². The van der Waals surface area contributed by atoms with E-state index < -0.39 is 47.9 Å². The number of benzene rings is 1. The van der Waals surface area contributed by atoms with Gasteiger partial charge in [-0.3, -0.25) is 9.69 Å². The minimum atomic E-state index is -1.92. The van der Waals surface area contributed by atoms with Crippen LogP contribution in [0.5, 0.6) is 5.75 Å². The van der Waals surface area contributed by atoms with E-state index >= 15 is 4.39 Å². The van der Waals surface area contributed by atoms with Crippen molar-refractivity contribution in [3.8, 4) is 5.75 Å². The lowest BCUT2D eigenvalue weighted by molar-refractivity contribution is -0.149. The van der Waals surface area contributed by atoms with Crippen molar-refractivity contribution < 1.29 is 42.3 Å². The van der Waals surface area contributed by atoms with Gasteiger partial charge < -0.3 is 40.2 Å². The van der Waals surface area contributed by atoms with E-state index in [-0.39, 0.29) is 39.1 Å². The second kappa shape index (κ2) is 19.5. The van der Waals surface area contributed by atoms with Gasteiger partial charge in [-0.05, 0) is 59.9 Å². The molecule has 1 aromatic carbocycles. The molecule has 0 spiro atoms. The minimum Gasteiger partial charge on any atom is -0.484 e. The number of piperidine rings is 2. The number of carbonyl (C=O) groups is 1. The molecule has 1 amide bonds. The highest BCUT2D eigenvalue weighted by Gasteiger charge is 2.45. The summed E-state index contributed by atoms with van der Waals surface area (Å²) in [4.78, 5) is 28.6. The van der Waals surface area contributed by atoms with Gasteiger partial charge in [-0.2, -0.15) is 0 Å². The van der Waals surface area contributed by atoms with Crippen molar-refractivity contribution in [1.82, 2.24) is 29.2 Å². The van der Waals surface area contributed by atoms with Crippen LogP contribution in [0.1, 0.15) is 42.4 Å². The molecule has 0 saturated carbocycles. The number of aromatic nitrogens is 4. The van der Waals surface area contributed by atoms with E-state index in [9.17, 15) is 18.0 Å². The van der Waals surface area contributed by atoms with Crippen molar-refractivity contribution in [3.05, 3.63) is 114 Å². The van der Waals surface area contributed by atoms with Crippen LogP contribution >= 0.6 is 0 Å². The summed E-state index contributed by atoms with van der Waals surface area (Å²) in [6.07, 6.45) is 8.99. The number of imidazole rings is 1. The number of nitrogens with zero attached hydrogens (tertiary/aromatic N) is 6. The van der Waals surface area contributed by atoms with Gasteiger partial charge >= 0.3 is 7.05 Å². The van der Waals surface area contributed by atoms with E-state index in [1.807, 2.05) is 28.9 Å². The van der Waals surface area contributed by atoms with Crippen LogP contribution in [0.25, 0.3) is 5.65 Å². The largest absolute Gasteiger partial charge is 0.484 e. The molecule has 0 atom stereocenters. The summed E-state index contributed by atoms with van der Waals surface area (Å²) in [5, 5.41) is 29.0. The third kappa shape index (κ3) is 11.6. The number of nitrogen functional groups attached to an aromatic ring is 1. The average Bonchev–Trinajstić information content (AvgIpc) is 3.66. The molecule has 13 nitrogen and oxygen atoms in total. The third-order valence-electron chi connectivity index (χ3n) is 9.27. The predicted molar refractivity (Wildman–Crippen MR) is 202 cm³/mol. The van der Waals surface area contributed by atoms with Crippen molar-refractivity contribution in [3.63, 3.8) is 0 Å². The number of ether oxygens (including phenoxy) is 1. The van der Waals surface area contributed by atoms with Gasteiger partial charge in [-0.15, -0.1) is 0 Å². The number of carbonyl (C=O) groups excluding carboxylic acids is 1. The normalized spacial score (nSPS) is 15.6. The van der Waals surface area contributed by atoms with Crippen LogP contribution in [0.3, 0.4) is 0 Å². The second-order valence-electron chi connectivity index (χ2n) is 13.6. The monoisotopic (exact) mass is 780 g/mol. The molecule has 2 saturated heterocycles. The summed E-state index contributed by atoms with van der Waals surface area (Å²) in [5.41, 5.74) is 6.89. The fourth-order valence-electron chi connectivity index (χ4n) is 6.32. The van der Waals surface area contributed by atoms with Gasteiger partial charge in [-0.25, -0.2) is 32.5 Å². The number of amides is 1. The standard InChI is InChI=1S/C25H26F4N4O2.C7H11BN2O2.C6H8N2O/c26-18-14-20(27)23(21(28)15-18)35-19-2-8-33(9-3-19)24(34)25(29)4-10-31(11-5-25)16-17-1-7-32-12-6-30-22(32)13-17;1-8(12)10-7-4-6(5-11)2-3-9-7;7-6-3-5(4-9)1-2-8-6/h1,6-7,12-15,19H,2-5,8-11,16H2;2-4,11-12H,5H2,1H3,(H,9,10);1-3,9H,4H2,(H2,7,8). The first-order chi connectivity index (χ1) is 26.8. The molecule has 0 bridgehead atoms. The summed E-state index contributed by atoms with van der Waals surface area (Å²) in [5.74, 6) is -3.39. The van der Waals surface area contributed by atoms with Crippen molar-refractivity contribution in [2.24, 2.45) is 0 Å². The van der Waals surface area contributed by atoms with Gasteiger partial charge in [0.2, 0.25) is 0 Å². The van der Waals surface area contributed by atoms with Gasteiger partial charge in [0.05, 0.1) is 13.2 Å². The molecule has 0 radical (unpaired) electrons. The van der Waals surface area contributed by atoms with Crippen molar-refractivity contribution in [2.75, 3.05) is 37.1 Å². The van der Waals surface area contributed by atoms with Crippen LogP contribution in [-0.2, 0) is 24.6 Å². The lowest BCUT2D eigenvalue weighted by atomic mass is 9.89. The number of rotatable bonds is 9. The molecular weight excluding hydrogens is 735 g/mol. The van der Waals surface area contributed by atoms with E-state index in [0.717, 1.165) is 22.3 Å². The Kier molecular flexibility index (Phi) is 14.6. The van der Waals surface area contributed by atoms with E-state index in [1.165, 1.54) is 4.90 Å². The first-order valence-electron chi connectivity index (χ1n) is 18.1. The molecule has 56 heavy (non-hydrogen) atoms. The Bertz CT molecular complexity index is 2020. The minimum absolute atomic E-state index is 0.0169. The van der Waals surface area contributed by atoms with E-state index in [1.54, 1.807) is 49.7 Å². The average molecular weight is 781 g/mol. The number of hydrogen-bond acceptors (Lipinski definition) is 11. The second-order valence-corrected chi connectivity index (χ2v) is 13.6. The number of anilines is 2. The maximum atomic E-state index is 15.6. The molecule has 298 valence electrons. The SMILES string of the molecule is CB(O)Nc1cc(CO)ccn1.Nc1cc(CO)ccn1.O=C(N1CCC(Oc2c(F)cc(F)cc2F)CC1)C1(F)CCN(Cc2ccn3ccnc3c2)CC1. The lowest BCUT2D eigenvalue weighted by Crippen LogP contribution is -2.54. The molecule has 7 rings (SSSR count). The van der Waals surface area contributed by atoms with Crippen LogP contribution in [0.2, 0.25) is 6.82 Å². The van der Waals surface area contributed by atoms with Gasteiger partial charge in [0.25, 0.3) is 5.91 Å². The van der Waals surface area contributed by atoms with Crippen molar-refractivity contribution in [2.45, 2.75) is 64.0 Å². The first-order valence-corrected chi connectivity index (χ1v) is 18.1. The highest BCUT2D eigenvalue weighted by Crippen LogP contribution is 2.32. The van der Waals surface area contributed by atoms with Crippen LogP contribution in [0, 0.1) is 17.5 Å². The summed E-state index contributed by atoms with van der Waals surface area (Å²) >= 11 is 0. The number of nitrogens with two attached hydrogens (primary N) is 1. The van der Waals surface area contributed by atoms with Crippen molar-refractivity contribution in [1.29, 1.82) is 0 Å². The molecule has 4 aromatic heterocycles. The lowest BCUT2D eigenvalue weighted by Gasteiger charge is -2.40. The van der Waals surface area contributed by atoms with Gasteiger partial charge in [0, 0.05) is 102 Å². The topological polar surface area (TPSA) is 175 Å². The quantitative estimate of drug-likeness (QED) is 0.106. The summed E-state index contributed by atoms with van der Waals surface area (Å²) in [6, 6.07) is 11.9. The molecule has 6 heterocycles. The molecule has 2 aliphatic heterocycles. The number of nitrogens with one attached hydrogen (secondary N) is 1. The zero-order valence-corrected chi connectivity index (χ0v) is 30.9. The fraction of sp³-hybridized carbons (Fsp3) is 0.368. The van der Waals surface area contributed by atoms with E-state index in [2.05, 4.69) is 25.1 Å². The van der Waals surface area contributed by atoms with Gasteiger partial charge in [0.15, 0.2) is 23.1 Å². The molecule has 2 fully saturated rings. The maximum Gasteiger partial charge on any atom is 0.408 e. The third-order valence-corrected chi connectivity index (χ3v) is 9.27. The Morgan fingerprint density at radius 2 is 1.54 bits per heavy atom. The zero-order valence-electron chi connectivity index (χ0n) is 30.9. The van der Waals surface area contributed by atoms with Crippen LogP contribution < -0.4 is 15.7 Å². The highest BCUT2D eigenvalue weighted by molar-refractivity contribution is 6.52. The van der Waals surface area contributed by atoms with Crippen LogP contribution in [-0.4, -0.2) is 95.3 Å². The Hall–Kier alpha value is -5.30. The van der Waals surface area contributed by atoms with E-state index in [0.29, 0.717) is 56.2 Å². The first kappa shape index (κ1) is 41.9. The van der Waals surface area contributed by atoms with Gasteiger partial charge in [0.1, 0.15) is 29.2 Å². The number of alkyl halides is 1. The zero-order chi connectivity index (χ0) is 40.2. The Morgan fingerprint density at radius 1 is 0.893 bits per heavy atom. The maximum absolute atomic E-state index is 15.6. The summed E-state index contributed by atoms with van der Waals surface area (Å²) in [7, 11) is -0.633. The highest BCUT2D eigenvalue weighted by atomic mass is 19.2. The number of pyridine rings is 3. The number of fused-ring (bicyclic) bond motifs is 1. The smallest absolute Gasteiger partial charge is 0.408 e. The number of hydrogen-bond donors (Lipinski definition) is 5. The number of likely N-dealkylation sites (tertiary alicyclic amines) is 2. The molecule has 5 aromatic rings. The Morgan fingerprint density at radius 3 is 2.14 bits per heavy atom. The van der Waals surface area contributed by atoms with Crippen LogP contribution in [0.15, 0.2) is 79.5 Å². The molecular formula is C38H45BF4N8O5. The predicted octanol–water partition coefficient (Wildman–Crippen LogP) is 4.38. The fourth-order valence-corrected chi connectivity index (χ4v) is 6.32. The summed E-state index contributed by atoms with van der Waals surface area (Å²) < 4.78 is 63.8. The van der Waals surface area contributed by atoms with Crippen LogP contribution in [0.4, 0.5) is 29.2 Å². The Labute approximate surface area is 321 Å². The molecule has 0 aliphatic carbocycles. The number of aliphatic hydroxyl groups is 2. The molecule has 6 N–H and O–H groups in total.